The number of hydrogen-bond donors (Lipinski definition) is 1. The van der Waals surface area contributed by atoms with Crippen LogP contribution in [-0.2, 0) is 9.53 Å². The van der Waals surface area contributed by atoms with E-state index in [9.17, 15) is 9.59 Å². The van der Waals surface area contributed by atoms with Crippen LogP contribution in [0.5, 0.6) is 11.5 Å². The summed E-state index contributed by atoms with van der Waals surface area (Å²) in [4.78, 5) is 27.5. The average molecular weight is 436 g/mol. The summed E-state index contributed by atoms with van der Waals surface area (Å²) < 4.78 is 21.7. The number of ether oxygens (including phenoxy) is 3. The Morgan fingerprint density at radius 2 is 1.72 bits per heavy atom. The minimum atomic E-state index is -0.394. The second kappa shape index (κ2) is 9.57. The van der Waals surface area contributed by atoms with E-state index in [4.69, 9.17) is 18.6 Å². The van der Waals surface area contributed by atoms with Crippen molar-refractivity contribution in [2.75, 3.05) is 45.8 Å². The molecule has 32 heavy (non-hydrogen) atoms. The fourth-order valence-corrected chi connectivity index (χ4v) is 3.49. The fraction of sp³-hybridized carbons (Fsp3) is 0.250. The molecule has 3 aromatic rings. The molecule has 1 aliphatic rings. The number of nitrogens with one attached hydrogen (secondary N) is 1. The molecule has 2 amide bonds. The molecular weight excluding hydrogens is 412 g/mol. The summed E-state index contributed by atoms with van der Waals surface area (Å²) in [6.07, 6.45) is 3.03. The number of carbonyl (C=O) groups excluding carboxylic acids is 2. The molecule has 0 bridgehead atoms. The lowest BCUT2D eigenvalue weighted by Crippen LogP contribution is -2.40. The zero-order valence-corrected chi connectivity index (χ0v) is 17.9. The van der Waals surface area contributed by atoms with Crippen molar-refractivity contribution in [1.82, 2.24) is 4.90 Å². The maximum atomic E-state index is 13.1. The second-order valence-corrected chi connectivity index (χ2v) is 7.18. The zero-order chi connectivity index (χ0) is 22.5. The van der Waals surface area contributed by atoms with Gasteiger partial charge in [0.05, 0.1) is 27.4 Å². The van der Waals surface area contributed by atoms with Crippen molar-refractivity contribution in [2.45, 2.75) is 0 Å². The highest BCUT2D eigenvalue weighted by atomic mass is 16.5. The summed E-state index contributed by atoms with van der Waals surface area (Å²) in [7, 11) is 3.12. The van der Waals surface area contributed by atoms with E-state index < -0.39 is 5.91 Å². The number of nitrogens with zero attached hydrogens (tertiary/aromatic N) is 1. The number of rotatable bonds is 6. The number of furan rings is 1. The normalized spacial score (nSPS) is 14.0. The van der Waals surface area contributed by atoms with E-state index in [1.807, 2.05) is 12.1 Å². The van der Waals surface area contributed by atoms with Gasteiger partial charge in [0, 0.05) is 30.6 Å². The lowest BCUT2D eigenvalue weighted by molar-refractivity contribution is -0.111. The number of fused-ring (bicyclic) bond motifs is 1. The third-order valence-corrected chi connectivity index (χ3v) is 5.14. The quantitative estimate of drug-likeness (QED) is 0.594. The highest BCUT2D eigenvalue weighted by Gasteiger charge is 2.27. The van der Waals surface area contributed by atoms with E-state index in [2.05, 4.69) is 5.32 Å². The minimum Gasteiger partial charge on any atom is -0.497 e. The van der Waals surface area contributed by atoms with E-state index in [0.717, 1.165) is 5.56 Å². The Labute approximate surface area is 185 Å². The first-order valence-corrected chi connectivity index (χ1v) is 10.2. The SMILES string of the molecule is COc1cc(/C=C/C(=O)Nc2c(C(=O)N3CCOCC3)oc3ccccc23)cc(OC)c1. The third kappa shape index (κ3) is 4.60. The van der Waals surface area contributed by atoms with Gasteiger partial charge in [-0.1, -0.05) is 12.1 Å². The fourth-order valence-electron chi connectivity index (χ4n) is 3.49. The summed E-state index contributed by atoms with van der Waals surface area (Å²) >= 11 is 0. The smallest absolute Gasteiger partial charge is 0.291 e. The van der Waals surface area contributed by atoms with E-state index in [1.54, 1.807) is 55.5 Å². The van der Waals surface area contributed by atoms with Gasteiger partial charge in [-0.3, -0.25) is 9.59 Å². The zero-order valence-electron chi connectivity index (χ0n) is 17.9. The van der Waals surface area contributed by atoms with Crippen molar-refractivity contribution in [3.8, 4) is 11.5 Å². The first-order valence-electron chi connectivity index (χ1n) is 10.2. The predicted molar refractivity (Wildman–Crippen MR) is 120 cm³/mol. The van der Waals surface area contributed by atoms with E-state index in [-0.39, 0.29) is 11.7 Å². The molecule has 0 saturated carbocycles. The third-order valence-electron chi connectivity index (χ3n) is 5.14. The van der Waals surface area contributed by atoms with Gasteiger partial charge in [-0.05, 0) is 35.9 Å². The molecule has 166 valence electrons. The van der Waals surface area contributed by atoms with Crippen LogP contribution >= 0.6 is 0 Å². The van der Waals surface area contributed by atoms with Crippen molar-refractivity contribution in [1.29, 1.82) is 0 Å². The van der Waals surface area contributed by atoms with Crippen LogP contribution in [-0.4, -0.2) is 57.2 Å². The lowest BCUT2D eigenvalue weighted by Gasteiger charge is -2.26. The van der Waals surface area contributed by atoms with Gasteiger partial charge in [0.25, 0.3) is 5.91 Å². The number of hydrogen-bond acceptors (Lipinski definition) is 6. The van der Waals surface area contributed by atoms with Crippen LogP contribution in [0.15, 0.2) is 53.0 Å². The number of benzene rings is 2. The Kier molecular flexibility index (Phi) is 6.42. The Balaban J connectivity index is 1.60. The molecule has 1 N–H and O–H groups in total. The standard InChI is InChI=1S/C24H24N2O6/c1-29-17-13-16(14-18(15-17)30-2)7-8-21(27)25-22-19-5-3-4-6-20(19)32-23(22)24(28)26-9-11-31-12-10-26/h3-8,13-15H,9-12H2,1-2H3,(H,25,27)/b8-7+. The van der Waals surface area contributed by atoms with Crippen LogP contribution in [0.25, 0.3) is 17.0 Å². The molecule has 1 saturated heterocycles. The molecule has 0 aliphatic carbocycles. The Bertz CT molecular complexity index is 1140. The van der Waals surface area contributed by atoms with Crippen LogP contribution in [0.1, 0.15) is 16.1 Å². The summed E-state index contributed by atoms with van der Waals surface area (Å²) in [6.45, 7) is 1.89. The van der Waals surface area contributed by atoms with Crippen LogP contribution in [0.2, 0.25) is 0 Å². The number of para-hydroxylation sites is 1. The molecular formula is C24H24N2O6. The maximum Gasteiger partial charge on any atom is 0.291 e. The Morgan fingerprint density at radius 3 is 2.41 bits per heavy atom. The Hall–Kier alpha value is -3.78. The molecule has 1 aliphatic heterocycles. The summed E-state index contributed by atoms with van der Waals surface area (Å²) in [5, 5.41) is 3.48. The maximum absolute atomic E-state index is 13.1. The topological polar surface area (TPSA) is 90.2 Å². The largest absolute Gasteiger partial charge is 0.497 e. The van der Waals surface area contributed by atoms with Gasteiger partial charge in [0.2, 0.25) is 11.7 Å². The first-order chi connectivity index (χ1) is 15.6. The Morgan fingerprint density at radius 1 is 1.03 bits per heavy atom. The molecule has 0 unspecified atom stereocenters. The van der Waals surface area contributed by atoms with Gasteiger partial charge in [-0.25, -0.2) is 0 Å². The molecule has 2 heterocycles. The predicted octanol–water partition coefficient (Wildman–Crippen LogP) is 3.57. The minimum absolute atomic E-state index is 0.109. The van der Waals surface area contributed by atoms with E-state index in [0.29, 0.717) is 54.5 Å². The molecule has 1 fully saturated rings. The van der Waals surface area contributed by atoms with Gasteiger partial charge in [-0.15, -0.1) is 0 Å². The number of morpholine rings is 1. The van der Waals surface area contributed by atoms with Gasteiger partial charge >= 0.3 is 0 Å². The first kappa shape index (κ1) is 21.5. The number of carbonyl (C=O) groups is 2. The summed E-state index contributed by atoms with van der Waals surface area (Å²) in [5.74, 6) is 0.667. The van der Waals surface area contributed by atoms with Crippen LogP contribution < -0.4 is 14.8 Å². The van der Waals surface area contributed by atoms with Gasteiger partial charge < -0.3 is 28.8 Å². The van der Waals surface area contributed by atoms with Gasteiger partial charge in [0.15, 0.2) is 0 Å². The highest BCUT2D eigenvalue weighted by molar-refractivity contribution is 6.13. The lowest BCUT2D eigenvalue weighted by atomic mass is 10.1. The van der Waals surface area contributed by atoms with Crippen LogP contribution in [0.4, 0.5) is 5.69 Å². The molecule has 8 heteroatoms. The van der Waals surface area contributed by atoms with Crippen molar-refractivity contribution in [2.24, 2.45) is 0 Å². The van der Waals surface area contributed by atoms with E-state index in [1.165, 1.54) is 6.08 Å². The number of anilines is 1. The molecule has 4 rings (SSSR count). The number of methoxy groups -OCH3 is 2. The summed E-state index contributed by atoms with van der Waals surface area (Å²) in [6, 6.07) is 12.5. The van der Waals surface area contributed by atoms with Crippen molar-refractivity contribution < 1.29 is 28.2 Å². The van der Waals surface area contributed by atoms with E-state index >= 15 is 0 Å². The molecule has 8 nitrogen and oxygen atoms in total. The molecule has 0 atom stereocenters. The van der Waals surface area contributed by atoms with Crippen LogP contribution in [0, 0.1) is 0 Å². The number of amides is 2. The van der Waals surface area contributed by atoms with Crippen molar-refractivity contribution in [3.63, 3.8) is 0 Å². The molecule has 1 aromatic heterocycles. The summed E-state index contributed by atoms with van der Waals surface area (Å²) in [5.41, 5.74) is 1.62. The second-order valence-electron chi connectivity index (χ2n) is 7.18. The highest BCUT2D eigenvalue weighted by Crippen LogP contribution is 2.32. The van der Waals surface area contributed by atoms with Crippen molar-refractivity contribution in [3.05, 3.63) is 59.9 Å². The average Bonchev–Trinajstić information content (AvgIpc) is 3.20. The van der Waals surface area contributed by atoms with Gasteiger partial charge in [0.1, 0.15) is 22.8 Å². The molecule has 2 aromatic carbocycles. The monoisotopic (exact) mass is 436 g/mol. The van der Waals surface area contributed by atoms with Crippen LogP contribution in [0.3, 0.4) is 0 Å². The molecule has 0 spiro atoms. The van der Waals surface area contributed by atoms with Crippen molar-refractivity contribution >= 4 is 34.5 Å². The molecule has 0 radical (unpaired) electrons. The van der Waals surface area contributed by atoms with Gasteiger partial charge in [-0.2, -0.15) is 0 Å².